The van der Waals surface area contributed by atoms with E-state index in [2.05, 4.69) is 142 Å². The van der Waals surface area contributed by atoms with Gasteiger partial charge in [0.2, 0.25) is 0 Å². The van der Waals surface area contributed by atoms with Crippen molar-refractivity contribution in [3.63, 3.8) is 0 Å². The van der Waals surface area contributed by atoms with Crippen molar-refractivity contribution in [1.29, 1.82) is 0 Å². The molecule has 0 N–H and O–H groups in total. The van der Waals surface area contributed by atoms with Crippen LogP contribution in [0.1, 0.15) is 63.0 Å². The van der Waals surface area contributed by atoms with Crippen LogP contribution in [0.5, 0.6) is 0 Å². The van der Waals surface area contributed by atoms with Gasteiger partial charge in [-0.15, -0.1) is 53.6 Å². The Balaban J connectivity index is 0.000000200. The van der Waals surface area contributed by atoms with Crippen LogP contribution >= 0.6 is 11.3 Å². The first kappa shape index (κ1) is 38.0. The third-order valence-corrected chi connectivity index (χ3v) is 13.4. The minimum absolute atomic E-state index is 0. The molecule has 0 aliphatic heterocycles. The van der Waals surface area contributed by atoms with Gasteiger partial charge in [0, 0.05) is 37.2 Å². The first-order valence-electron chi connectivity index (χ1n) is 18.6. The SMILES string of the molecule is CC(C)c1cc(-c2[c-]cccc2)ncc1[Si](C)(C)C.[Ir].[c-]1cc(-c2ccccc2)c2c(sc3ccccc32)c1-c1cc(CC2CCCCC2)ccn1. The number of pyridine rings is 2. The molecule has 3 heterocycles. The first-order chi connectivity index (χ1) is 24.8. The Morgan fingerprint density at radius 1 is 0.808 bits per heavy atom. The molecule has 0 amide bonds. The van der Waals surface area contributed by atoms with Gasteiger partial charge in [0.1, 0.15) is 0 Å². The van der Waals surface area contributed by atoms with Gasteiger partial charge >= 0.3 is 0 Å². The summed E-state index contributed by atoms with van der Waals surface area (Å²) >= 11 is 1.86. The summed E-state index contributed by atoms with van der Waals surface area (Å²) in [6.07, 6.45) is 12.2. The zero-order chi connectivity index (χ0) is 35.4. The molecule has 4 aromatic carbocycles. The predicted molar refractivity (Wildman–Crippen MR) is 223 cm³/mol. The van der Waals surface area contributed by atoms with E-state index in [1.165, 1.54) is 86.1 Å². The fraction of sp³-hybridized carbons (Fsp3) is 0.277. The molecule has 0 bridgehead atoms. The molecule has 1 fully saturated rings. The second-order valence-electron chi connectivity index (χ2n) is 15.3. The van der Waals surface area contributed by atoms with Crippen molar-refractivity contribution < 1.29 is 20.1 Å². The average Bonchev–Trinajstić information content (AvgIpc) is 3.55. The van der Waals surface area contributed by atoms with Crippen molar-refractivity contribution in [2.45, 2.75) is 77.9 Å². The normalized spacial score (nSPS) is 13.5. The van der Waals surface area contributed by atoms with Crippen LogP contribution in [-0.2, 0) is 26.5 Å². The smallest absolute Gasteiger partial charge is 0.0799 e. The number of rotatable bonds is 7. The van der Waals surface area contributed by atoms with Gasteiger partial charge in [0.25, 0.3) is 0 Å². The van der Waals surface area contributed by atoms with Crippen LogP contribution in [0.3, 0.4) is 0 Å². The molecule has 1 saturated carbocycles. The Morgan fingerprint density at radius 2 is 1.56 bits per heavy atom. The van der Waals surface area contributed by atoms with E-state index in [1.807, 2.05) is 35.7 Å². The number of fused-ring (bicyclic) bond motifs is 3. The molecule has 1 aliphatic rings. The summed E-state index contributed by atoms with van der Waals surface area (Å²) in [7, 11) is -1.34. The first-order valence-corrected chi connectivity index (χ1v) is 22.9. The van der Waals surface area contributed by atoms with Crippen molar-refractivity contribution in [2.75, 3.05) is 0 Å². The van der Waals surface area contributed by atoms with Crippen LogP contribution in [0.2, 0.25) is 19.6 Å². The standard InChI is InChI=1S/C30H26NS.C17H22NSi.Ir/c1-3-9-21(10-4-1)19-22-17-18-31-27(20-22)25-16-15-24(23-11-5-2-6-12-23)29-26-13-7-8-14-28(26)32-30(25)29;1-13(2)15-11-16(14-9-7-6-8-10-14)18-12-17(15)19(3,4)5;/h2,5-8,11-15,17-18,20-21H,1,3-4,9-10,19H2;6-9,11-13H,1-5H3;/q2*-1;. The van der Waals surface area contributed by atoms with E-state index in [9.17, 15) is 0 Å². The molecule has 8 rings (SSSR count). The third kappa shape index (κ3) is 8.56. The fourth-order valence-corrected chi connectivity index (χ4v) is 10.5. The van der Waals surface area contributed by atoms with Crippen molar-refractivity contribution in [2.24, 2.45) is 5.92 Å². The molecule has 0 unspecified atom stereocenters. The van der Waals surface area contributed by atoms with Gasteiger partial charge in [-0.2, -0.15) is 11.3 Å². The van der Waals surface area contributed by atoms with E-state index in [0.717, 1.165) is 28.4 Å². The van der Waals surface area contributed by atoms with Crippen molar-refractivity contribution in [3.8, 4) is 33.6 Å². The van der Waals surface area contributed by atoms with Gasteiger partial charge in [-0.1, -0.05) is 154 Å². The quantitative estimate of drug-likeness (QED) is 0.118. The summed E-state index contributed by atoms with van der Waals surface area (Å²) < 4.78 is 2.61. The number of hydrogen-bond acceptors (Lipinski definition) is 3. The molecule has 267 valence electrons. The summed E-state index contributed by atoms with van der Waals surface area (Å²) in [6.45, 7) is 11.7. The molecule has 3 aromatic heterocycles. The number of aromatic nitrogens is 2. The van der Waals surface area contributed by atoms with Crippen LogP contribution < -0.4 is 5.19 Å². The monoisotopic (exact) mass is 893 g/mol. The molecular formula is C47H48IrN2SSi-2. The second kappa shape index (κ2) is 16.9. The number of nitrogens with zero attached hydrogens (tertiary/aromatic N) is 2. The molecule has 5 heteroatoms. The maximum Gasteiger partial charge on any atom is 0.0799 e. The van der Waals surface area contributed by atoms with Crippen molar-refractivity contribution in [1.82, 2.24) is 9.97 Å². The van der Waals surface area contributed by atoms with Crippen LogP contribution in [-0.4, -0.2) is 18.0 Å². The molecular weight excluding hydrogens is 845 g/mol. The minimum atomic E-state index is -1.34. The Bertz CT molecular complexity index is 2230. The third-order valence-electron chi connectivity index (χ3n) is 10.2. The number of hydrogen-bond donors (Lipinski definition) is 0. The van der Waals surface area contributed by atoms with Crippen molar-refractivity contribution >= 4 is 44.8 Å². The summed E-state index contributed by atoms with van der Waals surface area (Å²) in [4.78, 5) is 9.46. The molecule has 7 aromatic rings. The molecule has 1 aliphatic carbocycles. The van der Waals surface area contributed by atoms with E-state index < -0.39 is 8.07 Å². The largest absolute Gasteiger partial charge is 0.305 e. The Morgan fingerprint density at radius 3 is 2.29 bits per heavy atom. The summed E-state index contributed by atoms with van der Waals surface area (Å²) in [6, 6.07) is 43.3. The zero-order valence-electron chi connectivity index (χ0n) is 31.0. The topological polar surface area (TPSA) is 25.8 Å². The maximum absolute atomic E-state index is 4.80. The molecule has 0 spiro atoms. The number of thiophene rings is 1. The maximum atomic E-state index is 4.80. The van der Waals surface area contributed by atoms with Gasteiger partial charge in [-0.25, -0.2) is 0 Å². The van der Waals surface area contributed by atoms with Crippen LogP contribution in [0, 0.1) is 18.1 Å². The van der Waals surface area contributed by atoms with E-state index in [4.69, 9.17) is 4.98 Å². The van der Waals surface area contributed by atoms with Gasteiger partial charge < -0.3 is 9.97 Å². The molecule has 1 radical (unpaired) electrons. The van der Waals surface area contributed by atoms with Crippen molar-refractivity contribution in [3.05, 3.63) is 139 Å². The summed E-state index contributed by atoms with van der Waals surface area (Å²) in [5, 5.41) is 4.12. The van der Waals surface area contributed by atoms with E-state index in [-0.39, 0.29) is 20.1 Å². The molecule has 0 saturated heterocycles. The summed E-state index contributed by atoms with van der Waals surface area (Å²) in [5.74, 6) is 1.36. The van der Waals surface area contributed by atoms with Gasteiger partial charge in [-0.05, 0) is 57.1 Å². The van der Waals surface area contributed by atoms with E-state index in [1.54, 1.807) is 0 Å². The molecule has 52 heavy (non-hydrogen) atoms. The van der Waals surface area contributed by atoms with Crippen LogP contribution in [0.15, 0.2) is 116 Å². The van der Waals surface area contributed by atoms with Crippen LogP contribution in [0.4, 0.5) is 0 Å². The molecule has 2 nitrogen and oxygen atoms in total. The minimum Gasteiger partial charge on any atom is -0.305 e. The van der Waals surface area contributed by atoms with Crippen LogP contribution in [0.25, 0.3) is 53.8 Å². The average molecular weight is 893 g/mol. The summed E-state index contributed by atoms with van der Waals surface area (Å²) in [5.41, 5.74) is 9.64. The van der Waals surface area contributed by atoms with Gasteiger partial charge in [0.05, 0.1) is 8.07 Å². The predicted octanol–water partition coefficient (Wildman–Crippen LogP) is 12.9. The number of benzene rings is 4. The second-order valence-corrected chi connectivity index (χ2v) is 21.4. The van der Waals surface area contributed by atoms with E-state index >= 15 is 0 Å². The Hall–Kier alpha value is -3.73. The Kier molecular flexibility index (Phi) is 12.4. The molecule has 0 atom stereocenters. The van der Waals surface area contributed by atoms with Gasteiger partial charge in [-0.3, -0.25) is 0 Å². The van der Waals surface area contributed by atoms with Gasteiger partial charge in [0.15, 0.2) is 0 Å². The zero-order valence-corrected chi connectivity index (χ0v) is 35.2. The fourth-order valence-electron chi connectivity index (χ4n) is 7.54. The van der Waals surface area contributed by atoms with E-state index in [0.29, 0.717) is 5.92 Å². The Labute approximate surface area is 329 Å².